The number of nitrogen functional groups attached to an aromatic ring is 1. The van der Waals surface area contributed by atoms with Gasteiger partial charge < -0.3 is 15.5 Å². The molecule has 1 aromatic heterocycles. The molecule has 0 saturated carbocycles. The van der Waals surface area contributed by atoms with Crippen LogP contribution in [0.2, 0.25) is 0 Å². The van der Waals surface area contributed by atoms with Crippen LogP contribution >= 0.6 is 11.5 Å². The molecular formula is C11H20N4S. The zero-order valence-corrected chi connectivity index (χ0v) is 11.0. The summed E-state index contributed by atoms with van der Waals surface area (Å²) in [6.07, 6.45) is 2.45. The van der Waals surface area contributed by atoms with Crippen LogP contribution in [0.15, 0.2) is 0 Å². The number of hydrogen-bond donors (Lipinski definition) is 1. The molecule has 2 rings (SSSR count). The van der Waals surface area contributed by atoms with Gasteiger partial charge in [0.1, 0.15) is 10.8 Å². The second kappa shape index (κ2) is 4.59. The molecule has 1 aromatic rings. The van der Waals surface area contributed by atoms with Gasteiger partial charge in [0.05, 0.1) is 0 Å². The van der Waals surface area contributed by atoms with Crippen molar-refractivity contribution in [3.63, 3.8) is 0 Å². The molecule has 90 valence electrons. The molecule has 2 heterocycles. The highest BCUT2D eigenvalue weighted by atomic mass is 32.1. The van der Waals surface area contributed by atoms with Gasteiger partial charge in [-0.15, -0.1) is 0 Å². The summed E-state index contributed by atoms with van der Waals surface area (Å²) in [5.41, 5.74) is 6.93. The SMILES string of the molecule is Cc1c(N)nsc1N(C)C1CCN(C)CC1. The zero-order valence-electron chi connectivity index (χ0n) is 10.2. The molecule has 1 fully saturated rings. The first-order valence-corrected chi connectivity index (χ1v) is 6.50. The summed E-state index contributed by atoms with van der Waals surface area (Å²) in [6.45, 7) is 4.42. The fourth-order valence-corrected chi connectivity index (χ4v) is 3.06. The van der Waals surface area contributed by atoms with E-state index in [2.05, 4.69) is 35.2 Å². The number of piperidine rings is 1. The molecule has 0 bridgehead atoms. The molecule has 1 saturated heterocycles. The summed E-state index contributed by atoms with van der Waals surface area (Å²) in [4.78, 5) is 4.74. The van der Waals surface area contributed by atoms with Crippen LogP contribution < -0.4 is 10.6 Å². The third-order valence-electron chi connectivity index (χ3n) is 3.49. The van der Waals surface area contributed by atoms with Crippen LogP contribution in [-0.4, -0.2) is 42.5 Å². The Labute approximate surface area is 101 Å². The predicted molar refractivity (Wildman–Crippen MR) is 70.2 cm³/mol. The smallest absolute Gasteiger partial charge is 0.142 e. The van der Waals surface area contributed by atoms with Crippen molar-refractivity contribution < 1.29 is 0 Å². The Hall–Kier alpha value is -0.810. The first-order valence-electron chi connectivity index (χ1n) is 5.72. The molecule has 1 aliphatic rings. The molecule has 0 spiro atoms. The van der Waals surface area contributed by atoms with Gasteiger partial charge in [-0.05, 0) is 51.4 Å². The van der Waals surface area contributed by atoms with E-state index in [-0.39, 0.29) is 0 Å². The van der Waals surface area contributed by atoms with E-state index in [9.17, 15) is 0 Å². The highest BCUT2D eigenvalue weighted by molar-refractivity contribution is 7.10. The van der Waals surface area contributed by atoms with Gasteiger partial charge in [0.15, 0.2) is 0 Å². The number of nitrogens with two attached hydrogens (primary N) is 1. The standard InChI is InChI=1S/C11H20N4S/c1-8-10(12)13-16-11(8)15(3)9-4-6-14(2)7-5-9/h9H,4-7H2,1-3H3,(H2,12,13). The van der Waals surface area contributed by atoms with Crippen LogP contribution in [0.3, 0.4) is 0 Å². The number of nitrogens with zero attached hydrogens (tertiary/aromatic N) is 3. The maximum Gasteiger partial charge on any atom is 0.142 e. The molecule has 0 aliphatic carbocycles. The van der Waals surface area contributed by atoms with Crippen molar-refractivity contribution in [3.8, 4) is 0 Å². The van der Waals surface area contributed by atoms with Gasteiger partial charge in [0.25, 0.3) is 0 Å². The van der Waals surface area contributed by atoms with Crippen LogP contribution in [0.5, 0.6) is 0 Å². The van der Waals surface area contributed by atoms with Crippen molar-refractivity contribution in [1.82, 2.24) is 9.27 Å². The van der Waals surface area contributed by atoms with E-state index in [1.54, 1.807) is 0 Å². The molecule has 0 radical (unpaired) electrons. The van der Waals surface area contributed by atoms with Gasteiger partial charge in [0, 0.05) is 18.7 Å². The lowest BCUT2D eigenvalue weighted by Gasteiger charge is -2.35. The van der Waals surface area contributed by atoms with Crippen molar-refractivity contribution in [2.45, 2.75) is 25.8 Å². The van der Waals surface area contributed by atoms with E-state index in [4.69, 9.17) is 5.73 Å². The Bertz CT molecular complexity index is 355. The molecule has 0 atom stereocenters. The van der Waals surface area contributed by atoms with Crippen molar-refractivity contribution in [2.24, 2.45) is 0 Å². The average Bonchev–Trinajstić information content (AvgIpc) is 2.60. The minimum atomic E-state index is 0.634. The summed E-state index contributed by atoms with van der Waals surface area (Å²) in [7, 11) is 4.35. The highest BCUT2D eigenvalue weighted by Gasteiger charge is 2.23. The highest BCUT2D eigenvalue weighted by Crippen LogP contribution is 2.31. The Morgan fingerprint density at radius 2 is 2.06 bits per heavy atom. The molecule has 2 N–H and O–H groups in total. The lowest BCUT2D eigenvalue weighted by Crippen LogP contribution is -2.41. The van der Waals surface area contributed by atoms with Crippen LogP contribution in [0.25, 0.3) is 0 Å². The van der Waals surface area contributed by atoms with E-state index in [1.807, 2.05) is 0 Å². The summed E-state index contributed by atoms with van der Waals surface area (Å²) >= 11 is 1.52. The molecule has 1 aliphatic heterocycles. The third kappa shape index (κ3) is 2.15. The average molecular weight is 240 g/mol. The van der Waals surface area contributed by atoms with Crippen molar-refractivity contribution >= 4 is 22.4 Å². The lowest BCUT2D eigenvalue weighted by molar-refractivity contribution is 0.253. The van der Waals surface area contributed by atoms with E-state index >= 15 is 0 Å². The Morgan fingerprint density at radius 1 is 1.44 bits per heavy atom. The fraction of sp³-hybridized carbons (Fsp3) is 0.727. The van der Waals surface area contributed by atoms with E-state index in [1.165, 1.54) is 42.5 Å². The largest absolute Gasteiger partial charge is 0.383 e. The molecule has 0 amide bonds. The minimum absolute atomic E-state index is 0.634. The number of likely N-dealkylation sites (tertiary alicyclic amines) is 1. The number of aromatic nitrogens is 1. The molecule has 4 nitrogen and oxygen atoms in total. The number of anilines is 2. The zero-order chi connectivity index (χ0) is 11.7. The second-order valence-corrected chi connectivity index (χ2v) is 5.40. The Morgan fingerprint density at radius 3 is 2.56 bits per heavy atom. The maximum atomic E-state index is 5.79. The van der Waals surface area contributed by atoms with Crippen molar-refractivity contribution in [2.75, 3.05) is 37.8 Å². The second-order valence-electron chi connectivity index (χ2n) is 4.64. The summed E-state index contributed by atoms with van der Waals surface area (Å²) in [6, 6.07) is 0.634. The van der Waals surface area contributed by atoms with E-state index < -0.39 is 0 Å². The van der Waals surface area contributed by atoms with Gasteiger partial charge in [-0.1, -0.05) is 0 Å². The first kappa shape index (κ1) is 11.7. The molecule has 5 heteroatoms. The molecule has 0 unspecified atom stereocenters. The minimum Gasteiger partial charge on any atom is -0.383 e. The summed E-state index contributed by atoms with van der Waals surface area (Å²) in [5, 5.41) is 1.23. The van der Waals surface area contributed by atoms with Crippen LogP contribution in [0, 0.1) is 6.92 Å². The third-order valence-corrected chi connectivity index (χ3v) is 4.55. The van der Waals surface area contributed by atoms with Gasteiger partial charge in [-0.25, -0.2) is 0 Å². The van der Waals surface area contributed by atoms with Gasteiger partial charge >= 0.3 is 0 Å². The van der Waals surface area contributed by atoms with Crippen LogP contribution in [0.4, 0.5) is 10.8 Å². The lowest BCUT2D eigenvalue weighted by atomic mass is 10.0. The first-order chi connectivity index (χ1) is 7.59. The van der Waals surface area contributed by atoms with Gasteiger partial charge in [-0.3, -0.25) is 0 Å². The summed E-state index contributed by atoms with van der Waals surface area (Å²) < 4.78 is 4.21. The van der Waals surface area contributed by atoms with Gasteiger partial charge in [-0.2, -0.15) is 4.37 Å². The summed E-state index contributed by atoms with van der Waals surface area (Å²) in [5.74, 6) is 0.680. The monoisotopic (exact) mass is 240 g/mol. The quantitative estimate of drug-likeness (QED) is 0.852. The van der Waals surface area contributed by atoms with Crippen LogP contribution in [-0.2, 0) is 0 Å². The molecule has 16 heavy (non-hydrogen) atoms. The van der Waals surface area contributed by atoms with Gasteiger partial charge in [0.2, 0.25) is 0 Å². The Balaban J connectivity index is 2.07. The number of rotatable bonds is 2. The Kier molecular flexibility index (Phi) is 3.35. The van der Waals surface area contributed by atoms with Crippen molar-refractivity contribution in [1.29, 1.82) is 0 Å². The van der Waals surface area contributed by atoms with E-state index in [0.29, 0.717) is 11.9 Å². The molecule has 0 aromatic carbocycles. The maximum absolute atomic E-state index is 5.79. The van der Waals surface area contributed by atoms with Crippen molar-refractivity contribution in [3.05, 3.63) is 5.56 Å². The topological polar surface area (TPSA) is 45.4 Å². The predicted octanol–water partition coefficient (Wildman–Crippen LogP) is 1.56. The normalized spacial score (nSPS) is 18.9. The van der Waals surface area contributed by atoms with E-state index in [0.717, 1.165) is 5.56 Å². The molecular weight excluding hydrogens is 220 g/mol. The van der Waals surface area contributed by atoms with Crippen LogP contribution in [0.1, 0.15) is 18.4 Å². The number of hydrogen-bond acceptors (Lipinski definition) is 5. The fourth-order valence-electron chi connectivity index (χ4n) is 2.22.